The summed E-state index contributed by atoms with van der Waals surface area (Å²) in [5, 5.41) is 0. The molecule has 16 heteroatoms. The third-order valence-electron chi connectivity index (χ3n) is 5.99. The highest BCUT2D eigenvalue weighted by Gasteiger charge is 2.37. The summed E-state index contributed by atoms with van der Waals surface area (Å²) in [6.45, 7) is 22.2. The third-order valence-corrected chi connectivity index (χ3v) is 7.13. The molecule has 0 spiro atoms. The molecule has 8 nitrogen and oxygen atoms in total. The van der Waals surface area contributed by atoms with Gasteiger partial charge < -0.3 is 18.1 Å². The summed E-state index contributed by atoms with van der Waals surface area (Å²) >= 11 is 0. The number of halogens is 6. The van der Waals surface area contributed by atoms with Gasteiger partial charge in [0, 0.05) is 0 Å². The van der Waals surface area contributed by atoms with E-state index in [-0.39, 0.29) is 0 Å². The third kappa shape index (κ3) is 23.8. The molecule has 0 rings (SSSR count). The Bertz CT molecular complexity index is 898. The van der Waals surface area contributed by atoms with E-state index in [4.69, 9.17) is 25.9 Å². The molecule has 0 bridgehead atoms. The van der Waals surface area contributed by atoms with Gasteiger partial charge in [-0.15, -0.1) is 0 Å². The van der Waals surface area contributed by atoms with Gasteiger partial charge in [-0.3, -0.25) is 0 Å². The van der Waals surface area contributed by atoms with Gasteiger partial charge >= 0.3 is 11.0 Å². The van der Waals surface area contributed by atoms with E-state index in [1.807, 2.05) is 24.3 Å². The first-order chi connectivity index (χ1) is 18.9. The van der Waals surface area contributed by atoms with E-state index in [0.29, 0.717) is 0 Å². The number of rotatable bonds is 19. The van der Waals surface area contributed by atoms with E-state index in [1.165, 1.54) is 64.5 Å². The van der Waals surface area contributed by atoms with Gasteiger partial charge in [0.1, 0.15) is 0 Å². The molecule has 0 atom stereocenters. The van der Waals surface area contributed by atoms with Crippen molar-refractivity contribution in [3.8, 4) is 0 Å². The fraction of sp³-hybridized carbons (Fsp3) is 0.692. The molecular formula is C26H46F6N2O6S2. The SMILES string of the molecule is C=CC[N+](C)(CC=C)CCCCCCCCCC[N+](C)(CC=C)CC=C.O=S(=O)([O-])C(F)(F)F.O=S(=O)([O-])C(F)(F)F. The van der Waals surface area contributed by atoms with Crippen LogP contribution >= 0.6 is 0 Å². The minimum absolute atomic E-state index is 1.04. The lowest BCUT2D eigenvalue weighted by molar-refractivity contribution is -0.898. The molecule has 0 aromatic rings. The van der Waals surface area contributed by atoms with Crippen molar-refractivity contribution in [3.63, 3.8) is 0 Å². The number of quaternary nitrogens is 2. The van der Waals surface area contributed by atoms with Crippen LogP contribution in [0.4, 0.5) is 26.3 Å². The number of alkyl halides is 6. The summed E-state index contributed by atoms with van der Waals surface area (Å²) in [5.41, 5.74) is -11.3. The predicted octanol–water partition coefficient (Wildman–Crippen LogP) is 5.85. The van der Waals surface area contributed by atoms with Crippen LogP contribution in [0.1, 0.15) is 51.4 Å². The fourth-order valence-electron chi connectivity index (χ4n) is 3.81. The Morgan fingerprint density at radius 3 is 0.833 bits per heavy atom. The first-order valence-corrected chi connectivity index (χ1v) is 15.9. The minimum Gasteiger partial charge on any atom is -0.741 e. The second-order valence-electron chi connectivity index (χ2n) is 10.2. The lowest BCUT2D eigenvalue weighted by Gasteiger charge is -2.32. The Hall–Kier alpha value is -1.72. The van der Waals surface area contributed by atoms with Gasteiger partial charge in [0.05, 0.1) is 53.4 Å². The Morgan fingerprint density at radius 2 is 0.690 bits per heavy atom. The van der Waals surface area contributed by atoms with Crippen LogP contribution in [0, 0.1) is 0 Å². The summed E-state index contributed by atoms with van der Waals surface area (Å²) in [4.78, 5) is 0. The monoisotopic (exact) mass is 660 g/mol. The molecule has 0 amide bonds. The predicted molar refractivity (Wildman–Crippen MR) is 151 cm³/mol. The van der Waals surface area contributed by atoms with E-state index in [2.05, 4.69) is 40.4 Å². The Morgan fingerprint density at radius 1 is 0.524 bits per heavy atom. The average Bonchev–Trinajstić information content (AvgIpc) is 2.79. The number of likely N-dealkylation sites (N-methyl/N-ethyl adjacent to an activating group) is 2. The van der Waals surface area contributed by atoms with Gasteiger partial charge in [0.15, 0.2) is 20.2 Å². The lowest BCUT2D eigenvalue weighted by Crippen LogP contribution is -2.44. The van der Waals surface area contributed by atoms with Crippen LogP contribution in [-0.4, -0.2) is 99.3 Å². The molecule has 0 unspecified atom stereocenters. The van der Waals surface area contributed by atoms with Gasteiger partial charge in [0.2, 0.25) is 0 Å². The Balaban J connectivity index is -0.000000770. The number of hydrogen-bond donors (Lipinski definition) is 0. The van der Waals surface area contributed by atoms with Crippen molar-refractivity contribution >= 4 is 20.2 Å². The van der Waals surface area contributed by atoms with Crippen molar-refractivity contribution in [2.24, 2.45) is 0 Å². The summed E-state index contributed by atoms with van der Waals surface area (Å²) in [5.74, 6) is 0. The zero-order chi connectivity index (χ0) is 33.7. The van der Waals surface area contributed by atoms with E-state index >= 15 is 0 Å². The average molecular weight is 661 g/mol. The molecule has 0 saturated carbocycles. The van der Waals surface area contributed by atoms with Crippen molar-refractivity contribution < 1.29 is 61.2 Å². The zero-order valence-electron chi connectivity index (χ0n) is 24.5. The number of unbranched alkanes of at least 4 members (excludes halogenated alkanes) is 7. The second kappa shape index (κ2) is 21.1. The Kier molecular flexibility index (Phi) is 22.4. The van der Waals surface area contributed by atoms with Crippen molar-refractivity contribution in [1.29, 1.82) is 0 Å². The normalized spacial score (nSPS) is 12.7. The maximum atomic E-state index is 10.7. The van der Waals surface area contributed by atoms with Crippen molar-refractivity contribution in [2.45, 2.75) is 62.4 Å². The first-order valence-electron chi connectivity index (χ1n) is 13.1. The van der Waals surface area contributed by atoms with Gasteiger partial charge in [-0.2, -0.15) is 26.3 Å². The van der Waals surface area contributed by atoms with Crippen LogP contribution in [0.3, 0.4) is 0 Å². The summed E-state index contributed by atoms with van der Waals surface area (Å²) in [7, 11) is -7.55. The van der Waals surface area contributed by atoms with Crippen LogP contribution in [0.25, 0.3) is 0 Å². The van der Waals surface area contributed by atoms with Gasteiger partial charge in [-0.25, -0.2) is 16.8 Å². The summed E-state index contributed by atoms with van der Waals surface area (Å²) in [6, 6.07) is 0. The van der Waals surface area contributed by atoms with Crippen molar-refractivity contribution in [1.82, 2.24) is 0 Å². The highest BCUT2D eigenvalue weighted by atomic mass is 32.2. The molecule has 0 aliphatic rings. The molecule has 0 aromatic carbocycles. The van der Waals surface area contributed by atoms with Crippen molar-refractivity contribution in [2.75, 3.05) is 53.4 Å². The zero-order valence-corrected chi connectivity index (χ0v) is 26.1. The molecule has 0 radical (unpaired) electrons. The van der Waals surface area contributed by atoms with E-state index in [0.717, 1.165) is 35.1 Å². The molecule has 0 fully saturated rings. The summed E-state index contributed by atoms with van der Waals surface area (Å²) in [6.07, 6.45) is 19.0. The summed E-state index contributed by atoms with van der Waals surface area (Å²) < 4.78 is 120. The van der Waals surface area contributed by atoms with Crippen LogP contribution in [0.2, 0.25) is 0 Å². The van der Waals surface area contributed by atoms with Crippen LogP contribution < -0.4 is 0 Å². The highest BCUT2D eigenvalue weighted by molar-refractivity contribution is 7.86. The molecule has 0 heterocycles. The standard InChI is InChI=1S/C24H46N2.2CHF3O3S/c1-7-19-25(5,20-8-2)23-17-15-13-11-12-14-16-18-24-26(6,21-9-3)22-10-4;2*2-1(3,4)8(5,6)7/h7-10H,1-4,11-24H2,5-6H3;2*(H,5,6,7)/q+2;;/p-2. The van der Waals surface area contributed by atoms with Gasteiger partial charge in [-0.1, -0.05) is 52.0 Å². The molecular weight excluding hydrogens is 614 g/mol. The highest BCUT2D eigenvalue weighted by Crippen LogP contribution is 2.21. The molecule has 250 valence electrons. The largest absolute Gasteiger partial charge is 0.741 e. The topological polar surface area (TPSA) is 114 Å². The van der Waals surface area contributed by atoms with E-state index in [1.54, 1.807) is 0 Å². The molecule has 0 aromatic heterocycles. The fourth-order valence-corrected chi connectivity index (χ4v) is 3.81. The molecule has 0 saturated heterocycles. The maximum Gasteiger partial charge on any atom is 0.485 e. The van der Waals surface area contributed by atoms with Crippen molar-refractivity contribution in [3.05, 3.63) is 50.6 Å². The maximum absolute atomic E-state index is 10.7. The molecule has 0 aliphatic carbocycles. The smallest absolute Gasteiger partial charge is 0.485 e. The van der Waals surface area contributed by atoms with Gasteiger partial charge in [0.25, 0.3) is 0 Å². The molecule has 0 N–H and O–H groups in total. The van der Waals surface area contributed by atoms with Crippen LogP contribution in [0.15, 0.2) is 50.6 Å². The second-order valence-corrected chi connectivity index (χ2v) is 12.9. The lowest BCUT2D eigenvalue weighted by atomic mass is 10.1. The van der Waals surface area contributed by atoms with Crippen LogP contribution in [-0.2, 0) is 20.2 Å². The van der Waals surface area contributed by atoms with Crippen LogP contribution in [0.5, 0.6) is 0 Å². The Labute approximate surface area is 247 Å². The minimum atomic E-state index is -6.09. The number of hydrogen-bond acceptors (Lipinski definition) is 6. The first kappa shape index (κ1) is 44.7. The number of nitrogens with zero attached hydrogens (tertiary/aromatic N) is 2. The van der Waals surface area contributed by atoms with E-state index in [9.17, 15) is 26.3 Å². The van der Waals surface area contributed by atoms with Gasteiger partial charge in [-0.05, 0) is 50.0 Å². The van der Waals surface area contributed by atoms with E-state index < -0.39 is 31.3 Å². The molecule has 42 heavy (non-hydrogen) atoms. The molecule has 0 aliphatic heterocycles. The quantitative estimate of drug-likeness (QED) is 0.0429.